The minimum absolute atomic E-state index is 0.0770. The van der Waals surface area contributed by atoms with E-state index in [0.717, 1.165) is 19.3 Å². The molecule has 2 unspecified atom stereocenters. The topological polar surface area (TPSA) is 59.0 Å². The third kappa shape index (κ3) is 2.23. The van der Waals surface area contributed by atoms with Crippen LogP contribution >= 0.6 is 0 Å². The summed E-state index contributed by atoms with van der Waals surface area (Å²) >= 11 is 0. The summed E-state index contributed by atoms with van der Waals surface area (Å²) in [6.45, 7) is 1.15. The summed E-state index contributed by atoms with van der Waals surface area (Å²) in [5, 5.41) is 8.58. The van der Waals surface area contributed by atoms with E-state index in [-0.39, 0.29) is 31.5 Å². The fourth-order valence-electron chi connectivity index (χ4n) is 2.37. The highest BCUT2D eigenvalue weighted by Gasteiger charge is 2.38. The van der Waals surface area contributed by atoms with Gasteiger partial charge in [0, 0.05) is 6.54 Å². The van der Waals surface area contributed by atoms with Gasteiger partial charge in [0.05, 0.1) is 25.4 Å². The molecular formula is C10H17NO4. The first-order valence-corrected chi connectivity index (χ1v) is 5.49. The fourth-order valence-corrected chi connectivity index (χ4v) is 2.37. The first kappa shape index (κ1) is 10.7. The lowest BCUT2D eigenvalue weighted by Gasteiger charge is -2.36. The molecule has 1 aliphatic carbocycles. The van der Waals surface area contributed by atoms with E-state index < -0.39 is 0 Å². The van der Waals surface area contributed by atoms with Gasteiger partial charge in [-0.15, -0.1) is 0 Å². The third-order valence-electron chi connectivity index (χ3n) is 3.03. The average Bonchev–Trinajstić information content (AvgIpc) is 2.73. The number of rotatable bonds is 2. The summed E-state index contributed by atoms with van der Waals surface area (Å²) in [7, 11) is 0. The second-order valence-corrected chi connectivity index (χ2v) is 3.94. The van der Waals surface area contributed by atoms with Crippen LogP contribution in [0.15, 0.2) is 0 Å². The molecule has 1 heterocycles. The Morgan fingerprint density at radius 3 is 3.20 bits per heavy atom. The van der Waals surface area contributed by atoms with Gasteiger partial charge in [0.2, 0.25) is 0 Å². The smallest absolute Gasteiger partial charge is 0.410 e. The largest absolute Gasteiger partial charge is 0.447 e. The lowest BCUT2D eigenvalue weighted by molar-refractivity contribution is -0.0522. The summed E-state index contributed by atoms with van der Waals surface area (Å²) in [6, 6.07) is 0.185. The van der Waals surface area contributed by atoms with Gasteiger partial charge in [0.15, 0.2) is 0 Å². The summed E-state index contributed by atoms with van der Waals surface area (Å²) in [6.07, 6.45) is 3.02. The summed E-state index contributed by atoms with van der Waals surface area (Å²) in [5.74, 6) is 0. The highest BCUT2D eigenvalue weighted by molar-refractivity contribution is 5.68. The maximum absolute atomic E-state index is 11.6. The fraction of sp³-hybridized carbons (Fsp3) is 0.900. The van der Waals surface area contributed by atoms with E-state index in [1.165, 1.54) is 0 Å². The summed E-state index contributed by atoms with van der Waals surface area (Å²) in [4.78, 5) is 13.4. The Kier molecular flexibility index (Phi) is 3.43. The summed E-state index contributed by atoms with van der Waals surface area (Å²) in [5.41, 5.74) is 0. The van der Waals surface area contributed by atoms with E-state index in [9.17, 15) is 4.79 Å². The molecule has 0 spiro atoms. The van der Waals surface area contributed by atoms with E-state index in [1.54, 1.807) is 4.90 Å². The Morgan fingerprint density at radius 2 is 2.40 bits per heavy atom. The molecule has 2 aliphatic rings. The second-order valence-electron chi connectivity index (χ2n) is 3.94. The van der Waals surface area contributed by atoms with Crippen LogP contribution in [0.25, 0.3) is 0 Å². The van der Waals surface area contributed by atoms with Crippen molar-refractivity contribution >= 4 is 6.09 Å². The van der Waals surface area contributed by atoms with Gasteiger partial charge in [0.25, 0.3) is 0 Å². The van der Waals surface area contributed by atoms with Crippen LogP contribution in [-0.4, -0.2) is 54.6 Å². The van der Waals surface area contributed by atoms with Crippen molar-refractivity contribution in [1.82, 2.24) is 4.90 Å². The maximum atomic E-state index is 11.6. The second kappa shape index (κ2) is 4.81. The van der Waals surface area contributed by atoms with E-state index in [0.29, 0.717) is 13.2 Å². The molecule has 1 saturated heterocycles. The normalized spacial score (nSPS) is 30.1. The van der Waals surface area contributed by atoms with Gasteiger partial charge < -0.3 is 19.5 Å². The Morgan fingerprint density at radius 1 is 1.53 bits per heavy atom. The highest BCUT2D eigenvalue weighted by Crippen LogP contribution is 2.29. The molecule has 0 bridgehead atoms. The minimum atomic E-state index is -0.316. The number of amides is 1. The quantitative estimate of drug-likeness (QED) is 0.723. The molecule has 2 rings (SSSR count). The SMILES string of the molecule is O=C(OCCO)N1CCOC2CCCC21. The van der Waals surface area contributed by atoms with Gasteiger partial charge in [-0.3, -0.25) is 0 Å². The number of aliphatic hydroxyl groups excluding tert-OH is 1. The Bertz CT molecular complexity index is 233. The van der Waals surface area contributed by atoms with E-state index in [4.69, 9.17) is 14.6 Å². The Hall–Kier alpha value is -0.810. The van der Waals surface area contributed by atoms with Gasteiger partial charge in [-0.1, -0.05) is 0 Å². The van der Waals surface area contributed by atoms with Crippen molar-refractivity contribution in [1.29, 1.82) is 0 Å². The van der Waals surface area contributed by atoms with Crippen molar-refractivity contribution in [2.45, 2.75) is 31.4 Å². The molecule has 2 fully saturated rings. The van der Waals surface area contributed by atoms with Crippen LogP contribution < -0.4 is 0 Å². The highest BCUT2D eigenvalue weighted by atomic mass is 16.6. The number of aliphatic hydroxyl groups is 1. The van der Waals surface area contributed by atoms with Gasteiger partial charge in [-0.25, -0.2) is 4.79 Å². The predicted octanol–water partition coefficient (Wildman–Crippen LogP) is 0.369. The predicted molar refractivity (Wildman–Crippen MR) is 52.5 cm³/mol. The zero-order valence-corrected chi connectivity index (χ0v) is 8.72. The molecule has 1 aliphatic heterocycles. The molecule has 15 heavy (non-hydrogen) atoms. The van der Waals surface area contributed by atoms with Gasteiger partial charge in [-0.2, -0.15) is 0 Å². The molecule has 0 aromatic carbocycles. The number of hydrogen-bond acceptors (Lipinski definition) is 4. The molecular weight excluding hydrogens is 198 g/mol. The standard InChI is InChI=1S/C10H17NO4/c12-5-7-15-10(13)11-4-6-14-9-3-1-2-8(9)11/h8-9,12H,1-7H2. The third-order valence-corrected chi connectivity index (χ3v) is 3.03. The maximum Gasteiger partial charge on any atom is 0.410 e. The van der Waals surface area contributed by atoms with E-state index in [1.807, 2.05) is 0 Å². The van der Waals surface area contributed by atoms with Gasteiger partial charge >= 0.3 is 6.09 Å². The number of nitrogens with zero attached hydrogens (tertiary/aromatic N) is 1. The average molecular weight is 215 g/mol. The molecule has 0 aromatic heterocycles. The molecule has 5 nitrogen and oxygen atoms in total. The minimum Gasteiger partial charge on any atom is -0.447 e. The molecule has 0 radical (unpaired) electrons. The molecule has 5 heteroatoms. The van der Waals surface area contributed by atoms with E-state index in [2.05, 4.69) is 0 Å². The van der Waals surface area contributed by atoms with Crippen molar-refractivity contribution in [3.05, 3.63) is 0 Å². The molecule has 2 atom stereocenters. The lowest BCUT2D eigenvalue weighted by atomic mass is 10.1. The summed E-state index contributed by atoms with van der Waals surface area (Å²) < 4.78 is 10.5. The van der Waals surface area contributed by atoms with Crippen LogP contribution in [0.5, 0.6) is 0 Å². The zero-order valence-electron chi connectivity index (χ0n) is 8.72. The van der Waals surface area contributed by atoms with Crippen molar-refractivity contribution in [3.63, 3.8) is 0 Å². The first-order valence-electron chi connectivity index (χ1n) is 5.49. The Balaban J connectivity index is 1.92. The monoisotopic (exact) mass is 215 g/mol. The van der Waals surface area contributed by atoms with Crippen LogP contribution in [0, 0.1) is 0 Å². The van der Waals surface area contributed by atoms with Crippen LogP contribution in [0.4, 0.5) is 4.79 Å². The number of carbonyl (C=O) groups is 1. The number of carbonyl (C=O) groups excluding carboxylic acids is 1. The lowest BCUT2D eigenvalue weighted by Crippen LogP contribution is -2.51. The van der Waals surface area contributed by atoms with Crippen molar-refractivity contribution < 1.29 is 19.4 Å². The van der Waals surface area contributed by atoms with E-state index >= 15 is 0 Å². The molecule has 1 N–H and O–H groups in total. The number of morpholine rings is 1. The van der Waals surface area contributed by atoms with Crippen LogP contribution in [0.1, 0.15) is 19.3 Å². The number of hydrogen-bond donors (Lipinski definition) is 1. The Labute approximate surface area is 89.0 Å². The molecule has 86 valence electrons. The van der Waals surface area contributed by atoms with Gasteiger partial charge in [0.1, 0.15) is 6.61 Å². The number of ether oxygens (including phenoxy) is 2. The molecule has 1 saturated carbocycles. The molecule has 1 amide bonds. The van der Waals surface area contributed by atoms with Crippen molar-refractivity contribution in [3.8, 4) is 0 Å². The van der Waals surface area contributed by atoms with Crippen molar-refractivity contribution in [2.24, 2.45) is 0 Å². The van der Waals surface area contributed by atoms with Crippen LogP contribution in [-0.2, 0) is 9.47 Å². The zero-order chi connectivity index (χ0) is 10.7. The van der Waals surface area contributed by atoms with Crippen molar-refractivity contribution in [2.75, 3.05) is 26.4 Å². The van der Waals surface area contributed by atoms with Gasteiger partial charge in [-0.05, 0) is 19.3 Å². The van der Waals surface area contributed by atoms with Crippen LogP contribution in [0.3, 0.4) is 0 Å². The van der Waals surface area contributed by atoms with Crippen LogP contribution in [0.2, 0.25) is 0 Å². The number of fused-ring (bicyclic) bond motifs is 1. The first-order chi connectivity index (χ1) is 7.33. The molecule has 0 aromatic rings.